The van der Waals surface area contributed by atoms with Crippen LogP contribution in [-0.2, 0) is 5.60 Å². The van der Waals surface area contributed by atoms with Gasteiger partial charge in [-0.2, -0.15) is 0 Å². The highest BCUT2D eigenvalue weighted by Gasteiger charge is 2.40. The molecule has 0 amide bonds. The van der Waals surface area contributed by atoms with Crippen LogP contribution in [0.4, 0.5) is 4.39 Å². The third-order valence-electron chi connectivity index (χ3n) is 4.11. The first kappa shape index (κ1) is 12.7. The smallest absolute Gasteiger partial charge is 0.136 e. The van der Waals surface area contributed by atoms with Gasteiger partial charge in [-0.15, -0.1) is 0 Å². The number of hydrogen-bond acceptors (Lipinski definition) is 2. The zero-order chi connectivity index (χ0) is 13.6. The zero-order valence-electron chi connectivity index (χ0n) is 11.3. The van der Waals surface area contributed by atoms with Crippen LogP contribution >= 0.6 is 0 Å². The van der Waals surface area contributed by atoms with Crippen molar-refractivity contribution in [3.8, 4) is 0 Å². The van der Waals surface area contributed by atoms with Crippen LogP contribution in [0.25, 0.3) is 11.0 Å². The van der Waals surface area contributed by atoms with E-state index < -0.39 is 5.60 Å². The summed E-state index contributed by atoms with van der Waals surface area (Å²) in [5, 5.41) is 11.6. The van der Waals surface area contributed by atoms with E-state index in [4.69, 9.17) is 4.42 Å². The van der Waals surface area contributed by atoms with E-state index >= 15 is 0 Å². The van der Waals surface area contributed by atoms with Crippen LogP contribution in [0, 0.1) is 17.7 Å². The van der Waals surface area contributed by atoms with E-state index in [9.17, 15) is 9.50 Å². The lowest BCUT2D eigenvalue weighted by molar-refractivity contribution is -0.0515. The summed E-state index contributed by atoms with van der Waals surface area (Å²) in [6.07, 6.45) is 2.55. The van der Waals surface area contributed by atoms with Crippen LogP contribution in [-0.4, -0.2) is 5.11 Å². The van der Waals surface area contributed by atoms with Crippen LogP contribution in [0.3, 0.4) is 0 Å². The van der Waals surface area contributed by atoms with Crippen molar-refractivity contribution in [2.75, 3.05) is 0 Å². The molecule has 2 aromatic rings. The quantitative estimate of drug-likeness (QED) is 0.835. The topological polar surface area (TPSA) is 33.4 Å². The molecule has 1 N–H and O–H groups in total. The molecule has 0 bridgehead atoms. The third-order valence-corrected chi connectivity index (χ3v) is 4.11. The predicted molar refractivity (Wildman–Crippen MR) is 72.2 cm³/mol. The van der Waals surface area contributed by atoms with E-state index in [1.165, 1.54) is 12.1 Å². The standard InChI is InChI=1S/C16H19FO2/c1-10-5-11(2)9-16(18,8-10)15-7-12-6-13(17)3-4-14(12)19-15/h3-4,6-7,10-11,18H,5,8-9H2,1-2H3. The lowest BCUT2D eigenvalue weighted by Crippen LogP contribution is -2.35. The maximum Gasteiger partial charge on any atom is 0.136 e. The Morgan fingerprint density at radius 1 is 1.21 bits per heavy atom. The summed E-state index contributed by atoms with van der Waals surface area (Å²) in [5.41, 5.74) is -0.275. The van der Waals surface area contributed by atoms with E-state index in [1.807, 2.05) is 0 Å². The highest BCUT2D eigenvalue weighted by Crippen LogP contribution is 2.43. The number of hydrogen-bond donors (Lipinski definition) is 1. The molecule has 1 heterocycles. The van der Waals surface area contributed by atoms with Gasteiger partial charge in [0.05, 0.1) is 0 Å². The van der Waals surface area contributed by atoms with Gasteiger partial charge in [-0.3, -0.25) is 0 Å². The Hall–Kier alpha value is -1.35. The van der Waals surface area contributed by atoms with E-state index in [0.29, 0.717) is 41.4 Å². The Balaban J connectivity index is 2.02. The summed E-state index contributed by atoms with van der Waals surface area (Å²) >= 11 is 0. The Morgan fingerprint density at radius 3 is 2.58 bits per heavy atom. The predicted octanol–water partition coefficient (Wildman–Crippen LogP) is 4.22. The number of rotatable bonds is 1. The van der Waals surface area contributed by atoms with Gasteiger partial charge in [0.2, 0.25) is 0 Å². The van der Waals surface area contributed by atoms with Crippen LogP contribution in [0.15, 0.2) is 28.7 Å². The van der Waals surface area contributed by atoms with Crippen molar-refractivity contribution in [2.45, 2.75) is 38.7 Å². The molecule has 19 heavy (non-hydrogen) atoms. The Labute approximate surface area is 112 Å². The molecule has 2 nitrogen and oxygen atoms in total. The summed E-state index contributed by atoms with van der Waals surface area (Å²) in [6, 6.07) is 6.23. The second-order valence-corrected chi connectivity index (χ2v) is 6.18. The summed E-state index contributed by atoms with van der Waals surface area (Å²) in [7, 11) is 0. The molecular weight excluding hydrogens is 243 g/mol. The first-order chi connectivity index (χ1) is 8.96. The minimum absolute atomic E-state index is 0.280. The first-order valence-electron chi connectivity index (χ1n) is 6.88. The Bertz CT molecular complexity index is 592. The zero-order valence-corrected chi connectivity index (χ0v) is 11.3. The number of fused-ring (bicyclic) bond motifs is 1. The van der Waals surface area contributed by atoms with Gasteiger partial charge in [-0.05, 0) is 55.4 Å². The Kier molecular flexibility index (Phi) is 2.90. The molecule has 0 saturated heterocycles. The van der Waals surface area contributed by atoms with Gasteiger partial charge in [-0.25, -0.2) is 4.39 Å². The molecule has 1 saturated carbocycles. The first-order valence-corrected chi connectivity index (χ1v) is 6.88. The van der Waals surface area contributed by atoms with Crippen molar-refractivity contribution < 1.29 is 13.9 Å². The molecule has 1 aliphatic rings. The molecule has 2 unspecified atom stereocenters. The fourth-order valence-electron chi connectivity index (χ4n) is 3.53. The van der Waals surface area contributed by atoms with Crippen molar-refractivity contribution in [1.82, 2.24) is 0 Å². The molecule has 1 aliphatic carbocycles. The third kappa shape index (κ3) is 2.27. The number of benzene rings is 1. The van der Waals surface area contributed by atoms with Crippen LogP contribution in [0.2, 0.25) is 0 Å². The number of halogens is 1. The molecule has 2 atom stereocenters. The van der Waals surface area contributed by atoms with Crippen LogP contribution in [0.5, 0.6) is 0 Å². The fourth-order valence-corrected chi connectivity index (χ4v) is 3.53. The van der Waals surface area contributed by atoms with Crippen molar-refractivity contribution in [3.05, 3.63) is 35.8 Å². The van der Waals surface area contributed by atoms with Crippen molar-refractivity contribution in [1.29, 1.82) is 0 Å². The van der Waals surface area contributed by atoms with Gasteiger partial charge in [0.1, 0.15) is 22.8 Å². The summed E-state index contributed by atoms with van der Waals surface area (Å²) in [4.78, 5) is 0. The Morgan fingerprint density at radius 2 is 1.89 bits per heavy atom. The summed E-state index contributed by atoms with van der Waals surface area (Å²) < 4.78 is 18.9. The number of furan rings is 1. The normalized spacial score (nSPS) is 31.8. The molecule has 0 radical (unpaired) electrons. The fraction of sp³-hybridized carbons (Fsp3) is 0.500. The highest BCUT2D eigenvalue weighted by molar-refractivity contribution is 5.78. The SMILES string of the molecule is CC1CC(C)CC(O)(c2cc3cc(F)ccc3o2)C1. The van der Waals surface area contributed by atoms with Crippen molar-refractivity contribution >= 4 is 11.0 Å². The van der Waals surface area contributed by atoms with Crippen LogP contribution in [0.1, 0.15) is 38.9 Å². The average Bonchev–Trinajstić information content (AvgIpc) is 2.70. The van der Waals surface area contributed by atoms with E-state index in [1.54, 1.807) is 12.1 Å². The molecule has 1 aromatic carbocycles. The maximum atomic E-state index is 13.2. The van der Waals surface area contributed by atoms with E-state index in [2.05, 4.69) is 13.8 Å². The maximum absolute atomic E-state index is 13.2. The second-order valence-electron chi connectivity index (χ2n) is 6.18. The lowest BCUT2D eigenvalue weighted by Gasteiger charge is -2.37. The van der Waals surface area contributed by atoms with Crippen LogP contribution < -0.4 is 0 Å². The molecule has 1 aromatic heterocycles. The van der Waals surface area contributed by atoms with Gasteiger partial charge in [-0.1, -0.05) is 13.8 Å². The summed E-state index contributed by atoms with van der Waals surface area (Å²) in [6.45, 7) is 4.31. The monoisotopic (exact) mass is 262 g/mol. The number of aliphatic hydroxyl groups is 1. The van der Waals surface area contributed by atoms with Gasteiger partial charge < -0.3 is 9.52 Å². The van der Waals surface area contributed by atoms with Gasteiger partial charge in [0, 0.05) is 5.39 Å². The van der Waals surface area contributed by atoms with Crippen molar-refractivity contribution in [3.63, 3.8) is 0 Å². The molecule has 1 fully saturated rings. The van der Waals surface area contributed by atoms with E-state index in [0.717, 1.165) is 6.42 Å². The van der Waals surface area contributed by atoms with Gasteiger partial charge >= 0.3 is 0 Å². The minimum atomic E-state index is -0.910. The van der Waals surface area contributed by atoms with Crippen molar-refractivity contribution in [2.24, 2.45) is 11.8 Å². The largest absolute Gasteiger partial charge is 0.458 e. The summed E-state index contributed by atoms with van der Waals surface area (Å²) in [5.74, 6) is 1.24. The molecular formula is C16H19FO2. The second kappa shape index (κ2) is 4.34. The van der Waals surface area contributed by atoms with Gasteiger partial charge in [0.25, 0.3) is 0 Å². The molecule has 3 heteroatoms. The molecule has 0 aliphatic heterocycles. The lowest BCUT2D eigenvalue weighted by atomic mass is 9.73. The van der Waals surface area contributed by atoms with Gasteiger partial charge in [0.15, 0.2) is 0 Å². The van der Waals surface area contributed by atoms with E-state index in [-0.39, 0.29) is 5.82 Å². The highest BCUT2D eigenvalue weighted by atomic mass is 19.1. The molecule has 0 spiro atoms. The average molecular weight is 262 g/mol. The molecule has 102 valence electrons. The molecule has 3 rings (SSSR count). The minimum Gasteiger partial charge on any atom is -0.458 e.